The van der Waals surface area contributed by atoms with Crippen LogP contribution >= 0.6 is 0 Å². The van der Waals surface area contributed by atoms with Crippen molar-refractivity contribution in [3.05, 3.63) is 56.0 Å². The fraction of sp³-hybridized carbons (Fsp3) is 0.350. The highest BCUT2D eigenvalue weighted by atomic mass is 16.3. The number of ketones is 2. The van der Waals surface area contributed by atoms with E-state index in [1.807, 2.05) is 0 Å². The summed E-state index contributed by atoms with van der Waals surface area (Å²) in [5.41, 5.74) is 6.18. The number of amides is 1. The zero-order valence-electron chi connectivity index (χ0n) is 16.6. The molecule has 4 rings (SSSR count). The fourth-order valence-corrected chi connectivity index (χ4v) is 5.34. The summed E-state index contributed by atoms with van der Waals surface area (Å²) in [6, 6.07) is 2.63. The van der Waals surface area contributed by atoms with Crippen molar-refractivity contribution in [2.75, 3.05) is 0 Å². The number of phenols is 1. The lowest BCUT2D eigenvalue weighted by Gasteiger charge is -2.51. The van der Waals surface area contributed by atoms with Crippen molar-refractivity contribution >= 4 is 23.2 Å². The topological polar surface area (TPSA) is 223 Å². The second-order valence-corrected chi connectivity index (χ2v) is 8.09. The van der Waals surface area contributed by atoms with Gasteiger partial charge in [-0.05, 0) is 27.9 Å². The maximum Gasteiger partial charge on any atom is 0.254 e. The molecule has 1 aromatic carbocycles. The van der Waals surface area contributed by atoms with E-state index in [9.17, 15) is 39.5 Å². The monoisotopic (exact) mass is 442 g/mol. The molecule has 0 saturated heterocycles. The number of fused-ring (bicyclic) bond motifs is 3. The van der Waals surface area contributed by atoms with Crippen LogP contribution in [0.2, 0.25) is 0 Å². The van der Waals surface area contributed by atoms with Gasteiger partial charge < -0.3 is 26.8 Å². The first kappa shape index (κ1) is 21.5. The van der Waals surface area contributed by atoms with Crippen molar-refractivity contribution in [3.8, 4) is 5.75 Å². The smallest absolute Gasteiger partial charge is 0.254 e. The number of hydrogen-bond donors (Lipinski definition) is 5. The third-order valence-corrected chi connectivity index (χ3v) is 6.76. The lowest BCUT2D eigenvalue weighted by atomic mass is 9.53. The quantitative estimate of drug-likeness (QED) is 0.238. The van der Waals surface area contributed by atoms with Crippen LogP contribution in [0.1, 0.15) is 24.0 Å². The molecule has 1 amide bonds. The number of hydrogen-bond acceptors (Lipinski definition) is 11. The minimum absolute atomic E-state index is 0.0974. The molecule has 3 aliphatic rings. The highest BCUT2D eigenvalue weighted by Gasteiger charge is 2.70. The molecule has 1 saturated carbocycles. The van der Waals surface area contributed by atoms with E-state index in [1.165, 1.54) is 12.1 Å². The van der Waals surface area contributed by atoms with Gasteiger partial charge in [-0.25, -0.2) is 0 Å². The molecule has 12 heteroatoms. The molecule has 12 nitrogen and oxygen atoms in total. The minimum atomic E-state index is -2.96. The maximum atomic E-state index is 13.6. The van der Waals surface area contributed by atoms with Crippen LogP contribution in [0.4, 0.5) is 0 Å². The molecule has 0 spiro atoms. The van der Waals surface area contributed by atoms with E-state index in [0.29, 0.717) is 5.56 Å². The second kappa shape index (κ2) is 6.87. The number of phenolic OH excluding ortho intramolecular Hbond substituents is 1. The molecular weight excluding hydrogens is 424 g/mol. The third-order valence-electron chi connectivity index (χ3n) is 6.76. The van der Waals surface area contributed by atoms with E-state index in [4.69, 9.17) is 11.5 Å². The van der Waals surface area contributed by atoms with Crippen LogP contribution in [0.25, 0.3) is 5.76 Å². The van der Waals surface area contributed by atoms with Crippen molar-refractivity contribution in [1.29, 1.82) is 0 Å². The van der Waals surface area contributed by atoms with Crippen LogP contribution < -0.4 is 11.5 Å². The van der Waals surface area contributed by atoms with E-state index >= 15 is 0 Å². The van der Waals surface area contributed by atoms with Gasteiger partial charge in [0, 0.05) is 11.5 Å². The molecule has 32 heavy (non-hydrogen) atoms. The van der Waals surface area contributed by atoms with Crippen molar-refractivity contribution < 1.29 is 29.7 Å². The molecule has 166 valence electrons. The van der Waals surface area contributed by atoms with Crippen LogP contribution in [0.5, 0.6) is 5.75 Å². The Morgan fingerprint density at radius 3 is 2.38 bits per heavy atom. The molecule has 7 N–H and O–H groups in total. The summed E-state index contributed by atoms with van der Waals surface area (Å²) in [4.78, 5) is 62.2. The molecular formula is C20H18N4O8. The van der Waals surface area contributed by atoms with E-state index in [2.05, 4.69) is 10.4 Å². The van der Waals surface area contributed by atoms with Gasteiger partial charge >= 0.3 is 0 Å². The van der Waals surface area contributed by atoms with Gasteiger partial charge in [-0.1, -0.05) is 19.1 Å². The lowest BCUT2D eigenvalue weighted by molar-refractivity contribution is -0.143. The molecule has 6 unspecified atom stereocenters. The first-order chi connectivity index (χ1) is 15.1. The van der Waals surface area contributed by atoms with Crippen LogP contribution in [0.15, 0.2) is 45.4 Å². The average Bonchev–Trinajstić information content (AvgIpc) is 2.74. The maximum absolute atomic E-state index is 13.6. The predicted molar refractivity (Wildman–Crippen MR) is 108 cm³/mol. The molecule has 0 radical (unpaired) electrons. The summed E-state index contributed by atoms with van der Waals surface area (Å²) in [6.45, 7) is 1.60. The first-order valence-electron chi connectivity index (χ1n) is 9.56. The van der Waals surface area contributed by atoms with E-state index in [1.54, 1.807) is 13.0 Å². The second-order valence-electron chi connectivity index (χ2n) is 8.09. The molecule has 3 aliphatic carbocycles. The van der Waals surface area contributed by atoms with E-state index in [0.717, 1.165) is 0 Å². The number of aromatic hydroxyl groups is 1. The standard InChI is InChI=1S/C20H18N4O8/c1-5-6-3-2-4-7(25)9(6)15(26)10-8(5)16(27)12-13(21)14(23-31)11(19(22)30)18(29)20(12,24-32)17(10)28/h2-5,8,12-13,16,25-27H,21H2,1H3,(H2,22,30). The number of aliphatic hydroxyl groups excluding tert-OH is 2. The summed E-state index contributed by atoms with van der Waals surface area (Å²) in [5.74, 6) is -9.00. The number of rotatable bonds is 3. The molecule has 0 aromatic heterocycles. The Labute approximate surface area is 179 Å². The van der Waals surface area contributed by atoms with E-state index < -0.39 is 75.5 Å². The van der Waals surface area contributed by atoms with E-state index in [-0.39, 0.29) is 11.3 Å². The Bertz CT molecular complexity index is 1190. The van der Waals surface area contributed by atoms with Crippen molar-refractivity contribution in [1.82, 2.24) is 0 Å². The molecule has 0 aliphatic heterocycles. The van der Waals surface area contributed by atoms with Gasteiger partial charge in [-0.3, -0.25) is 14.4 Å². The third kappa shape index (κ3) is 2.30. The Balaban J connectivity index is 2.08. The summed E-state index contributed by atoms with van der Waals surface area (Å²) in [5, 5.41) is 37.7. The van der Waals surface area contributed by atoms with Gasteiger partial charge in [0.1, 0.15) is 22.8 Å². The van der Waals surface area contributed by atoms with Gasteiger partial charge in [0.2, 0.25) is 17.1 Å². The minimum Gasteiger partial charge on any atom is -0.507 e. The largest absolute Gasteiger partial charge is 0.507 e. The van der Waals surface area contributed by atoms with Gasteiger partial charge in [-0.2, -0.15) is 0 Å². The van der Waals surface area contributed by atoms with Gasteiger partial charge in [0.25, 0.3) is 5.91 Å². The zero-order chi connectivity index (χ0) is 23.7. The lowest BCUT2D eigenvalue weighted by Crippen LogP contribution is -2.70. The van der Waals surface area contributed by atoms with Crippen molar-refractivity contribution in [3.63, 3.8) is 0 Å². The molecule has 1 fully saturated rings. The summed E-state index contributed by atoms with van der Waals surface area (Å²) in [7, 11) is 0. The molecule has 0 bridgehead atoms. The number of carbonyl (C=O) groups excluding carboxylic acids is 3. The Kier molecular flexibility index (Phi) is 4.61. The molecule has 1 aromatic rings. The number of nitroso groups, excluding NO2 is 2. The summed E-state index contributed by atoms with van der Waals surface area (Å²) < 4.78 is 0. The number of Topliss-reactive ketones (excluding diaryl/α,β-unsaturated/α-hetero) is 2. The van der Waals surface area contributed by atoms with Gasteiger partial charge in [0.15, 0.2) is 0 Å². The van der Waals surface area contributed by atoms with Gasteiger partial charge in [-0.15, -0.1) is 9.81 Å². The molecule has 6 atom stereocenters. The fourth-order valence-electron chi connectivity index (χ4n) is 5.34. The zero-order valence-corrected chi connectivity index (χ0v) is 16.6. The summed E-state index contributed by atoms with van der Waals surface area (Å²) >= 11 is 0. The van der Waals surface area contributed by atoms with Crippen LogP contribution in [-0.4, -0.2) is 50.5 Å². The Morgan fingerprint density at radius 2 is 1.81 bits per heavy atom. The Hall–Kier alpha value is -3.77. The van der Waals surface area contributed by atoms with Crippen LogP contribution in [0.3, 0.4) is 0 Å². The number of carbonyl (C=O) groups is 3. The van der Waals surface area contributed by atoms with Crippen molar-refractivity contribution in [2.45, 2.75) is 30.5 Å². The summed E-state index contributed by atoms with van der Waals surface area (Å²) in [6.07, 6.45) is -1.74. The average molecular weight is 442 g/mol. The number of nitrogens with two attached hydrogens (primary N) is 2. The van der Waals surface area contributed by atoms with Crippen LogP contribution in [0, 0.1) is 21.6 Å². The van der Waals surface area contributed by atoms with Crippen LogP contribution in [-0.2, 0) is 14.4 Å². The SMILES string of the molecule is CC1c2cccc(O)c2C(O)=C2C(=O)C3(N=O)C(=O)C(C(N)=O)=C(N=O)C(N)C3C(O)C21. The number of nitrogens with zero attached hydrogens (tertiary/aromatic N) is 2. The van der Waals surface area contributed by atoms with Gasteiger partial charge in [0.05, 0.1) is 23.6 Å². The van der Waals surface area contributed by atoms with Crippen molar-refractivity contribution in [2.24, 2.45) is 33.7 Å². The number of aliphatic hydroxyl groups is 2. The predicted octanol–water partition coefficient (Wildman–Crippen LogP) is -0.125. The molecule has 0 heterocycles. The highest BCUT2D eigenvalue weighted by molar-refractivity contribution is 6.34. The number of benzene rings is 1. The number of primary amides is 1. The first-order valence-corrected chi connectivity index (χ1v) is 9.56. The Morgan fingerprint density at radius 1 is 1.16 bits per heavy atom. The highest BCUT2D eigenvalue weighted by Crippen LogP contribution is 2.55. The normalized spacial score (nSPS) is 33.9.